The number of aryl methyl sites for hydroxylation is 2. The Morgan fingerprint density at radius 1 is 1.00 bits per heavy atom. The van der Waals surface area contributed by atoms with Gasteiger partial charge in [0.25, 0.3) is 0 Å². The van der Waals surface area contributed by atoms with Crippen molar-refractivity contribution < 1.29 is 5.11 Å². The zero-order chi connectivity index (χ0) is 14.3. The van der Waals surface area contributed by atoms with E-state index in [2.05, 4.69) is 48.2 Å². The lowest BCUT2D eigenvalue weighted by Crippen LogP contribution is -2.33. The molecule has 1 rings (SSSR count). The number of aliphatic hydroxyl groups excluding tert-OH is 1. The summed E-state index contributed by atoms with van der Waals surface area (Å²) in [7, 11) is 0. The molecule has 0 spiro atoms. The second-order valence-corrected chi connectivity index (χ2v) is 4.95. The molecule has 1 heterocycles. The summed E-state index contributed by atoms with van der Waals surface area (Å²) in [6.45, 7) is 9.17. The van der Waals surface area contributed by atoms with Gasteiger partial charge in [-0.25, -0.2) is 4.98 Å². The normalized spacial score (nSPS) is 11.6. The van der Waals surface area contributed by atoms with Gasteiger partial charge < -0.3 is 10.4 Å². The lowest BCUT2D eigenvalue weighted by atomic mass is 9.83. The molecule has 0 amide bonds. The first-order chi connectivity index (χ1) is 9.14. The molecule has 0 atom stereocenters. The standard InChI is InChI=1S/C14H26N4O/c1-5-11-12(6-2)17-18-13(16-11)15-9-14(7-3,8-4)10-19/h19H,5-10H2,1-4H3,(H,15,16,18). The van der Waals surface area contributed by atoms with Gasteiger partial charge in [-0.15, -0.1) is 5.10 Å². The Balaban J connectivity index is 2.77. The SMILES string of the molecule is CCc1nnc(NCC(CC)(CC)CO)nc1CC. The van der Waals surface area contributed by atoms with E-state index in [0.717, 1.165) is 37.1 Å². The summed E-state index contributed by atoms with van der Waals surface area (Å²) >= 11 is 0. The van der Waals surface area contributed by atoms with Gasteiger partial charge in [0.15, 0.2) is 0 Å². The quantitative estimate of drug-likeness (QED) is 0.755. The summed E-state index contributed by atoms with van der Waals surface area (Å²) in [5.41, 5.74) is 1.87. The molecule has 0 aromatic carbocycles. The van der Waals surface area contributed by atoms with Crippen molar-refractivity contribution in [1.82, 2.24) is 15.2 Å². The fourth-order valence-electron chi connectivity index (χ4n) is 2.06. The molecule has 1 aromatic heterocycles. The second kappa shape index (κ2) is 7.38. The third-order valence-electron chi connectivity index (χ3n) is 3.97. The van der Waals surface area contributed by atoms with E-state index in [1.54, 1.807) is 0 Å². The molecule has 2 N–H and O–H groups in total. The van der Waals surface area contributed by atoms with Crippen LogP contribution in [-0.4, -0.2) is 33.4 Å². The van der Waals surface area contributed by atoms with E-state index in [4.69, 9.17) is 0 Å². The largest absolute Gasteiger partial charge is 0.396 e. The van der Waals surface area contributed by atoms with Crippen molar-refractivity contribution in [2.75, 3.05) is 18.5 Å². The minimum absolute atomic E-state index is 0.0980. The first kappa shape index (κ1) is 15.8. The van der Waals surface area contributed by atoms with Gasteiger partial charge >= 0.3 is 0 Å². The number of anilines is 1. The smallest absolute Gasteiger partial charge is 0.242 e. The molecule has 0 radical (unpaired) electrons. The average molecular weight is 266 g/mol. The number of hydrogen-bond donors (Lipinski definition) is 2. The van der Waals surface area contributed by atoms with Crippen LogP contribution in [-0.2, 0) is 12.8 Å². The second-order valence-electron chi connectivity index (χ2n) is 4.95. The minimum Gasteiger partial charge on any atom is -0.396 e. The Morgan fingerprint density at radius 2 is 1.63 bits per heavy atom. The number of rotatable bonds is 8. The van der Waals surface area contributed by atoms with Gasteiger partial charge in [-0.1, -0.05) is 27.7 Å². The van der Waals surface area contributed by atoms with Crippen molar-refractivity contribution >= 4 is 5.95 Å². The van der Waals surface area contributed by atoms with Crippen molar-refractivity contribution in [2.45, 2.75) is 53.4 Å². The maximum absolute atomic E-state index is 9.54. The van der Waals surface area contributed by atoms with E-state index < -0.39 is 0 Å². The van der Waals surface area contributed by atoms with Gasteiger partial charge in [-0.3, -0.25) is 0 Å². The van der Waals surface area contributed by atoms with E-state index in [-0.39, 0.29) is 12.0 Å². The van der Waals surface area contributed by atoms with Crippen LogP contribution in [0.4, 0.5) is 5.95 Å². The van der Waals surface area contributed by atoms with Crippen LogP contribution in [0.2, 0.25) is 0 Å². The maximum Gasteiger partial charge on any atom is 0.242 e. The van der Waals surface area contributed by atoms with Gasteiger partial charge in [0.1, 0.15) is 0 Å². The molecular weight excluding hydrogens is 240 g/mol. The Labute approximate surface area is 115 Å². The molecule has 5 nitrogen and oxygen atoms in total. The zero-order valence-corrected chi connectivity index (χ0v) is 12.5. The molecule has 0 bridgehead atoms. The number of nitrogens with zero attached hydrogens (tertiary/aromatic N) is 3. The highest BCUT2D eigenvalue weighted by atomic mass is 16.3. The van der Waals surface area contributed by atoms with E-state index >= 15 is 0 Å². The Kier molecular flexibility index (Phi) is 6.15. The molecular formula is C14H26N4O. The molecule has 5 heteroatoms. The summed E-state index contributed by atoms with van der Waals surface area (Å²) in [6.07, 6.45) is 3.57. The lowest BCUT2D eigenvalue weighted by molar-refractivity contribution is 0.127. The van der Waals surface area contributed by atoms with Gasteiger partial charge in [0.2, 0.25) is 5.95 Å². The highest BCUT2D eigenvalue weighted by Gasteiger charge is 2.25. The number of hydrogen-bond acceptors (Lipinski definition) is 5. The third kappa shape index (κ3) is 3.86. The predicted molar refractivity (Wildman–Crippen MR) is 77.2 cm³/mol. The van der Waals surface area contributed by atoms with Crippen LogP contribution in [0.1, 0.15) is 51.9 Å². The molecule has 19 heavy (non-hydrogen) atoms. The van der Waals surface area contributed by atoms with Gasteiger partial charge in [-0.2, -0.15) is 5.10 Å². The van der Waals surface area contributed by atoms with Crippen LogP contribution in [0.15, 0.2) is 0 Å². The Hall–Kier alpha value is -1.23. The first-order valence-electron chi connectivity index (χ1n) is 7.21. The van der Waals surface area contributed by atoms with Crippen LogP contribution in [0, 0.1) is 5.41 Å². The Morgan fingerprint density at radius 3 is 2.11 bits per heavy atom. The molecule has 0 aliphatic carbocycles. The number of nitrogens with one attached hydrogen (secondary N) is 1. The molecule has 108 valence electrons. The summed E-state index contributed by atoms with van der Waals surface area (Å²) in [5.74, 6) is 0.564. The van der Waals surface area contributed by atoms with Crippen LogP contribution >= 0.6 is 0 Å². The van der Waals surface area contributed by atoms with E-state index in [9.17, 15) is 5.11 Å². The predicted octanol–water partition coefficient (Wildman–Crippen LogP) is 2.21. The van der Waals surface area contributed by atoms with Crippen LogP contribution < -0.4 is 5.32 Å². The van der Waals surface area contributed by atoms with Gasteiger partial charge in [0.05, 0.1) is 18.0 Å². The van der Waals surface area contributed by atoms with E-state index in [1.165, 1.54) is 0 Å². The van der Waals surface area contributed by atoms with Crippen molar-refractivity contribution in [2.24, 2.45) is 5.41 Å². The Bertz CT molecular complexity index is 383. The number of aliphatic hydroxyl groups is 1. The monoisotopic (exact) mass is 266 g/mol. The summed E-state index contributed by atoms with van der Waals surface area (Å²) in [6, 6.07) is 0. The molecule has 0 unspecified atom stereocenters. The summed E-state index contributed by atoms with van der Waals surface area (Å²) in [4.78, 5) is 4.50. The molecule has 0 aliphatic heterocycles. The highest BCUT2D eigenvalue weighted by Crippen LogP contribution is 2.25. The van der Waals surface area contributed by atoms with Crippen LogP contribution in [0.25, 0.3) is 0 Å². The van der Waals surface area contributed by atoms with Gasteiger partial charge in [0, 0.05) is 12.0 Å². The molecule has 0 aliphatic rings. The van der Waals surface area contributed by atoms with Crippen LogP contribution in [0.3, 0.4) is 0 Å². The minimum atomic E-state index is -0.0980. The fourth-order valence-corrected chi connectivity index (χ4v) is 2.06. The molecule has 0 fully saturated rings. The van der Waals surface area contributed by atoms with Crippen molar-refractivity contribution in [3.8, 4) is 0 Å². The molecule has 1 aromatic rings. The van der Waals surface area contributed by atoms with Crippen LogP contribution in [0.5, 0.6) is 0 Å². The maximum atomic E-state index is 9.54. The average Bonchev–Trinajstić information content (AvgIpc) is 2.49. The van der Waals surface area contributed by atoms with Crippen molar-refractivity contribution in [1.29, 1.82) is 0 Å². The zero-order valence-electron chi connectivity index (χ0n) is 12.5. The highest BCUT2D eigenvalue weighted by molar-refractivity contribution is 5.26. The van der Waals surface area contributed by atoms with Crippen molar-refractivity contribution in [3.63, 3.8) is 0 Å². The van der Waals surface area contributed by atoms with Crippen molar-refractivity contribution in [3.05, 3.63) is 11.4 Å². The summed E-state index contributed by atoms with van der Waals surface area (Å²) in [5, 5.41) is 21.1. The van der Waals surface area contributed by atoms with E-state index in [0.29, 0.717) is 12.5 Å². The van der Waals surface area contributed by atoms with E-state index in [1.807, 2.05) is 0 Å². The third-order valence-corrected chi connectivity index (χ3v) is 3.97. The number of aromatic nitrogens is 3. The summed E-state index contributed by atoms with van der Waals surface area (Å²) < 4.78 is 0. The lowest BCUT2D eigenvalue weighted by Gasteiger charge is -2.29. The first-order valence-corrected chi connectivity index (χ1v) is 7.21. The topological polar surface area (TPSA) is 70.9 Å². The fraction of sp³-hybridized carbons (Fsp3) is 0.786. The molecule has 0 saturated carbocycles. The van der Waals surface area contributed by atoms with Gasteiger partial charge in [-0.05, 0) is 25.7 Å². The molecule has 0 saturated heterocycles.